The van der Waals surface area contributed by atoms with Gasteiger partial charge in [-0.05, 0) is 54.2 Å². The van der Waals surface area contributed by atoms with Gasteiger partial charge in [-0.25, -0.2) is 4.39 Å². The molecule has 0 aliphatic carbocycles. The van der Waals surface area contributed by atoms with Gasteiger partial charge < -0.3 is 10.1 Å². The molecule has 4 rings (SSSR count). The maximum absolute atomic E-state index is 14.0. The average molecular weight is 404 g/mol. The van der Waals surface area contributed by atoms with Gasteiger partial charge in [0, 0.05) is 37.7 Å². The molecule has 1 fully saturated rings. The van der Waals surface area contributed by atoms with Crippen LogP contribution in [0.5, 0.6) is 0 Å². The van der Waals surface area contributed by atoms with Gasteiger partial charge >= 0.3 is 0 Å². The van der Waals surface area contributed by atoms with E-state index in [-0.39, 0.29) is 18.3 Å². The number of halogens is 1. The minimum atomic E-state index is -0.555. The number of aromatic nitrogens is 1. The molecule has 1 aliphatic heterocycles. The molecule has 1 N–H and O–H groups in total. The molecule has 0 spiro atoms. The van der Waals surface area contributed by atoms with Gasteiger partial charge in [0.1, 0.15) is 5.82 Å². The van der Waals surface area contributed by atoms with E-state index >= 15 is 0 Å². The lowest BCUT2D eigenvalue weighted by Crippen LogP contribution is -2.46. The van der Waals surface area contributed by atoms with Crippen molar-refractivity contribution >= 4 is 5.91 Å². The first-order chi connectivity index (χ1) is 14.7. The highest BCUT2D eigenvalue weighted by molar-refractivity contribution is 5.83. The van der Waals surface area contributed by atoms with E-state index in [2.05, 4.69) is 28.5 Å². The molecule has 1 saturated heterocycles. The van der Waals surface area contributed by atoms with Gasteiger partial charge in [0.25, 0.3) is 0 Å². The third kappa shape index (κ3) is 4.57. The maximum Gasteiger partial charge on any atom is 0.226 e. The van der Waals surface area contributed by atoms with Gasteiger partial charge in [-0.15, -0.1) is 0 Å². The quantitative estimate of drug-likeness (QED) is 0.656. The number of nitrogens with zero attached hydrogens (tertiary/aromatic N) is 1. The van der Waals surface area contributed by atoms with Gasteiger partial charge in [-0.2, -0.15) is 0 Å². The molecule has 0 bridgehead atoms. The predicted octanol–water partition coefficient (Wildman–Crippen LogP) is 4.54. The Morgan fingerprint density at radius 1 is 1.00 bits per heavy atom. The number of carbonyl (C=O) groups is 1. The standard InChI is InChI=1S/C25H25FN2O2/c26-23-7-2-1-5-22(23)18-28-24(29)25(10-14-30-15-11-25)17-19-4-3-6-21(16-19)20-8-12-27-13-9-20/h1-9,12-13,16H,10-11,14-15,17-18H2,(H,28,29). The van der Waals surface area contributed by atoms with Crippen molar-refractivity contribution in [3.63, 3.8) is 0 Å². The molecule has 4 nitrogen and oxygen atoms in total. The molecule has 0 radical (unpaired) electrons. The van der Waals surface area contributed by atoms with Crippen LogP contribution in [0.2, 0.25) is 0 Å². The second-order valence-corrected chi connectivity index (χ2v) is 7.78. The average Bonchev–Trinajstić information content (AvgIpc) is 2.80. The lowest BCUT2D eigenvalue weighted by atomic mass is 9.74. The molecule has 0 unspecified atom stereocenters. The molecule has 0 saturated carbocycles. The first-order valence-corrected chi connectivity index (χ1v) is 10.3. The molecular weight excluding hydrogens is 379 g/mol. The van der Waals surface area contributed by atoms with Crippen LogP contribution in [-0.2, 0) is 22.5 Å². The molecule has 1 aliphatic rings. The van der Waals surface area contributed by atoms with Gasteiger partial charge in [0.2, 0.25) is 5.91 Å². The highest BCUT2D eigenvalue weighted by Gasteiger charge is 2.40. The van der Waals surface area contributed by atoms with Gasteiger partial charge in [0.05, 0.1) is 5.41 Å². The minimum absolute atomic E-state index is 0.0385. The summed E-state index contributed by atoms with van der Waals surface area (Å²) < 4.78 is 19.5. The van der Waals surface area contributed by atoms with E-state index in [1.54, 1.807) is 30.6 Å². The van der Waals surface area contributed by atoms with Crippen LogP contribution >= 0.6 is 0 Å². The summed E-state index contributed by atoms with van der Waals surface area (Å²) in [5.41, 5.74) is 3.24. The lowest BCUT2D eigenvalue weighted by molar-refractivity contribution is -0.136. The van der Waals surface area contributed by atoms with Crippen molar-refractivity contribution in [2.45, 2.75) is 25.8 Å². The van der Waals surface area contributed by atoms with E-state index in [1.165, 1.54) is 6.07 Å². The SMILES string of the molecule is O=C(NCc1ccccc1F)C1(Cc2cccc(-c3ccncc3)c2)CCOCC1. The number of hydrogen-bond donors (Lipinski definition) is 1. The third-order valence-electron chi connectivity index (χ3n) is 5.81. The first-order valence-electron chi connectivity index (χ1n) is 10.3. The van der Waals surface area contributed by atoms with Crippen LogP contribution in [0.25, 0.3) is 11.1 Å². The number of nitrogens with one attached hydrogen (secondary N) is 1. The van der Waals surface area contributed by atoms with Crippen LogP contribution in [0.15, 0.2) is 73.1 Å². The van der Waals surface area contributed by atoms with Crippen molar-refractivity contribution in [2.24, 2.45) is 5.41 Å². The van der Waals surface area contributed by atoms with Gasteiger partial charge in [-0.3, -0.25) is 9.78 Å². The molecule has 0 atom stereocenters. The van der Waals surface area contributed by atoms with Crippen molar-refractivity contribution in [2.75, 3.05) is 13.2 Å². The summed E-state index contributed by atoms with van der Waals surface area (Å²) in [6.45, 7) is 1.29. The zero-order valence-corrected chi connectivity index (χ0v) is 16.8. The van der Waals surface area contributed by atoms with E-state index < -0.39 is 5.41 Å². The highest BCUT2D eigenvalue weighted by Crippen LogP contribution is 2.36. The van der Waals surface area contributed by atoms with Crippen molar-refractivity contribution in [1.29, 1.82) is 0 Å². The van der Waals surface area contributed by atoms with E-state index in [0.29, 0.717) is 38.0 Å². The Balaban J connectivity index is 1.54. The molecule has 2 aromatic carbocycles. The molecule has 1 aromatic heterocycles. The Hall–Kier alpha value is -3.05. The first kappa shape index (κ1) is 20.2. The Morgan fingerprint density at radius 3 is 2.53 bits per heavy atom. The number of ether oxygens (including phenoxy) is 1. The van der Waals surface area contributed by atoms with Crippen molar-refractivity contribution in [3.05, 3.63) is 90.0 Å². The molecular formula is C25H25FN2O2. The second kappa shape index (κ2) is 9.18. The predicted molar refractivity (Wildman–Crippen MR) is 114 cm³/mol. The summed E-state index contributed by atoms with van der Waals surface area (Å²) in [5, 5.41) is 2.97. The molecule has 2 heterocycles. The van der Waals surface area contributed by atoms with E-state index in [4.69, 9.17) is 4.74 Å². The fourth-order valence-electron chi connectivity index (χ4n) is 4.05. The zero-order chi connectivity index (χ0) is 20.8. The molecule has 30 heavy (non-hydrogen) atoms. The molecule has 3 aromatic rings. The number of benzene rings is 2. The molecule has 154 valence electrons. The van der Waals surface area contributed by atoms with Crippen molar-refractivity contribution in [3.8, 4) is 11.1 Å². The normalized spacial score (nSPS) is 15.5. The van der Waals surface area contributed by atoms with E-state index in [1.807, 2.05) is 18.2 Å². The van der Waals surface area contributed by atoms with Crippen molar-refractivity contribution in [1.82, 2.24) is 10.3 Å². The second-order valence-electron chi connectivity index (χ2n) is 7.78. The van der Waals surface area contributed by atoms with Crippen LogP contribution in [-0.4, -0.2) is 24.1 Å². The van der Waals surface area contributed by atoms with Crippen molar-refractivity contribution < 1.29 is 13.9 Å². The largest absolute Gasteiger partial charge is 0.381 e. The minimum Gasteiger partial charge on any atom is -0.381 e. The summed E-state index contributed by atoms with van der Waals surface area (Å²) in [4.78, 5) is 17.3. The third-order valence-corrected chi connectivity index (χ3v) is 5.81. The Kier molecular flexibility index (Phi) is 6.19. The highest BCUT2D eigenvalue weighted by atomic mass is 19.1. The van der Waals surface area contributed by atoms with E-state index in [9.17, 15) is 9.18 Å². The van der Waals surface area contributed by atoms with Crippen LogP contribution in [0.3, 0.4) is 0 Å². The number of rotatable bonds is 6. The van der Waals surface area contributed by atoms with Gasteiger partial charge in [0.15, 0.2) is 0 Å². The van der Waals surface area contributed by atoms with Crippen LogP contribution < -0.4 is 5.32 Å². The molecule has 5 heteroatoms. The Labute approximate surface area is 176 Å². The maximum atomic E-state index is 14.0. The summed E-state index contributed by atoms with van der Waals surface area (Å²) in [5.74, 6) is -0.341. The Bertz CT molecular complexity index is 1000. The van der Waals surface area contributed by atoms with Crippen LogP contribution in [0.4, 0.5) is 4.39 Å². The van der Waals surface area contributed by atoms with Gasteiger partial charge in [-0.1, -0.05) is 42.5 Å². The fourth-order valence-corrected chi connectivity index (χ4v) is 4.05. The lowest BCUT2D eigenvalue weighted by Gasteiger charge is -2.36. The summed E-state index contributed by atoms with van der Waals surface area (Å²) in [7, 11) is 0. The topological polar surface area (TPSA) is 51.2 Å². The monoisotopic (exact) mass is 404 g/mol. The molecule has 1 amide bonds. The van der Waals surface area contributed by atoms with Crippen LogP contribution in [0.1, 0.15) is 24.0 Å². The fraction of sp³-hybridized carbons (Fsp3) is 0.280. The summed E-state index contributed by atoms with van der Waals surface area (Å²) >= 11 is 0. The summed E-state index contributed by atoms with van der Waals surface area (Å²) in [6, 6.07) is 18.8. The smallest absolute Gasteiger partial charge is 0.226 e. The van der Waals surface area contributed by atoms with Crippen LogP contribution in [0, 0.1) is 11.2 Å². The number of amides is 1. The Morgan fingerprint density at radius 2 is 1.77 bits per heavy atom. The number of pyridine rings is 1. The zero-order valence-electron chi connectivity index (χ0n) is 16.8. The number of carbonyl (C=O) groups excluding carboxylic acids is 1. The van der Waals surface area contributed by atoms with E-state index in [0.717, 1.165) is 16.7 Å². The number of hydrogen-bond acceptors (Lipinski definition) is 3. The summed E-state index contributed by atoms with van der Waals surface area (Å²) in [6.07, 6.45) is 5.47.